The number of rotatable bonds is 8. The molecule has 10 nitrogen and oxygen atoms in total. The molecule has 2 amide bonds. The van der Waals surface area contributed by atoms with Crippen molar-refractivity contribution in [1.29, 1.82) is 0 Å². The quantitative estimate of drug-likeness (QED) is 0.200. The topological polar surface area (TPSA) is 161 Å². The van der Waals surface area contributed by atoms with Gasteiger partial charge in [-0.2, -0.15) is 0 Å². The van der Waals surface area contributed by atoms with Crippen LogP contribution in [-0.2, 0) is 0 Å². The van der Waals surface area contributed by atoms with Crippen molar-refractivity contribution in [3.63, 3.8) is 0 Å². The molecule has 0 unspecified atom stereocenters. The van der Waals surface area contributed by atoms with Gasteiger partial charge in [-0.15, -0.1) is 0 Å². The first-order valence-electron chi connectivity index (χ1n) is 11.4. The molecular weight excluding hydrogens is 488 g/mol. The fourth-order valence-corrected chi connectivity index (χ4v) is 4.06. The predicted molar refractivity (Wildman–Crippen MR) is 141 cm³/mol. The van der Waals surface area contributed by atoms with E-state index in [1.54, 1.807) is 0 Å². The van der Waals surface area contributed by atoms with Gasteiger partial charge < -0.3 is 0 Å². The number of nitrogens with two attached hydrogens (primary N) is 2. The second-order valence-corrected chi connectivity index (χ2v) is 8.55. The Labute approximate surface area is 218 Å². The van der Waals surface area contributed by atoms with Gasteiger partial charge >= 0.3 is 0 Å². The zero-order chi connectivity index (χ0) is 28.3. The second kappa shape index (κ2) is 11.1. The molecule has 0 spiro atoms. The van der Waals surface area contributed by atoms with Crippen LogP contribution in [0.4, 0.5) is 11.4 Å². The van der Waals surface area contributed by atoms with Gasteiger partial charge in [-0.25, -0.2) is 21.7 Å². The van der Waals surface area contributed by atoms with Crippen molar-refractivity contribution < 1.29 is 28.8 Å². The maximum atomic E-state index is 13.1. The minimum absolute atomic E-state index is 0.0236. The van der Waals surface area contributed by atoms with E-state index in [0.29, 0.717) is 0 Å². The summed E-state index contributed by atoms with van der Waals surface area (Å²) in [5, 5.41) is 1.53. The molecule has 0 saturated heterocycles. The smallest absolute Gasteiger partial charge is 0.272 e. The van der Waals surface area contributed by atoms with Crippen LogP contribution in [0, 0.1) is 0 Å². The average molecular weight is 515 g/mol. The monoisotopic (exact) mass is 514 g/mol. The number of ketones is 4. The largest absolute Gasteiger partial charge is 0.294 e. The van der Waals surface area contributed by atoms with Crippen LogP contribution in [0.1, 0.15) is 89.8 Å². The van der Waals surface area contributed by atoms with Crippen LogP contribution in [0.15, 0.2) is 60.7 Å². The van der Waals surface area contributed by atoms with E-state index in [4.69, 9.17) is 11.7 Å². The van der Waals surface area contributed by atoms with E-state index in [0.717, 1.165) is 10.0 Å². The Hall–Kier alpha value is -4.80. The number of nitrogens with zero attached hydrogens (tertiary/aromatic N) is 2. The van der Waals surface area contributed by atoms with Crippen molar-refractivity contribution in [1.82, 2.24) is 0 Å². The normalized spacial score (nSPS) is 10.5. The maximum absolute atomic E-state index is 13.1. The number of hydrazine groups is 2. The Balaban J connectivity index is 1.92. The van der Waals surface area contributed by atoms with Crippen LogP contribution < -0.4 is 21.7 Å². The van der Waals surface area contributed by atoms with Gasteiger partial charge in [-0.1, -0.05) is 24.3 Å². The molecule has 0 aromatic heterocycles. The third-order valence-corrected chi connectivity index (χ3v) is 5.88. The summed E-state index contributed by atoms with van der Waals surface area (Å²) in [5.74, 6) is 9.15. The molecule has 3 aromatic carbocycles. The lowest BCUT2D eigenvalue weighted by Crippen LogP contribution is -2.39. The summed E-state index contributed by atoms with van der Waals surface area (Å²) in [6.07, 6.45) is 0. The Morgan fingerprint density at radius 3 is 1.08 bits per heavy atom. The molecule has 0 saturated carbocycles. The Bertz CT molecular complexity index is 1380. The fraction of sp³-hybridized carbons (Fsp3) is 0.143. The molecule has 3 rings (SSSR count). The highest BCUT2D eigenvalue weighted by molar-refractivity contribution is 6.16. The van der Waals surface area contributed by atoms with Gasteiger partial charge in [0.1, 0.15) is 0 Å². The lowest BCUT2D eigenvalue weighted by molar-refractivity contribution is 0.0968. The van der Waals surface area contributed by atoms with Crippen LogP contribution in [0.3, 0.4) is 0 Å². The highest BCUT2D eigenvalue weighted by atomic mass is 16.2. The standard InChI is InChI=1S/C28H26N4O6/c1-15(33)21-7-5-9-23(25(21)17(3)35)31(29)27(37)19-11-13-20(14-12-19)28(38)32(30)24-10-6-8-22(16(2)34)26(24)18(4)36/h5-14H,29-30H2,1-4H3. The summed E-state index contributed by atoms with van der Waals surface area (Å²) in [6.45, 7) is 5.15. The van der Waals surface area contributed by atoms with E-state index >= 15 is 0 Å². The first kappa shape index (κ1) is 27.8. The number of carbonyl (C=O) groups is 6. The lowest BCUT2D eigenvalue weighted by atomic mass is 9.98. The highest BCUT2D eigenvalue weighted by Gasteiger charge is 2.25. The van der Waals surface area contributed by atoms with E-state index in [1.807, 2.05) is 0 Å². The molecule has 3 aromatic rings. The molecule has 0 aliphatic carbocycles. The van der Waals surface area contributed by atoms with Gasteiger partial charge in [0.15, 0.2) is 23.1 Å². The lowest BCUT2D eigenvalue weighted by Gasteiger charge is -2.22. The SMILES string of the molecule is CC(=O)c1cccc(N(N)C(=O)c2ccc(C(=O)N(N)c3cccc(C(C)=O)c3C(C)=O)cc2)c1C(C)=O. The third-order valence-electron chi connectivity index (χ3n) is 5.88. The molecule has 10 heteroatoms. The van der Waals surface area contributed by atoms with Gasteiger partial charge in [-0.05, 0) is 64.1 Å². The number of anilines is 2. The van der Waals surface area contributed by atoms with Crippen molar-refractivity contribution in [2.75, 3.05) is 10.0 Å². The number of hydrogen-bond donors (Lipinski definition) is 2. The van der Waals surface area contributed by atoms with Gasteiger partial charge in [0.25, 0.3) is 11.8 Å². The number of benzene rings is 3. The van der Waals surface area contributed by atoms with E-state index in [2.05, 4.69) is 0 Å². The van der Waals surface area contributed by atoms with E-state index < -0.39 is 23.4 Å². The zero-order valence-electron chi connectivity index (χ0n) is 21.3. The van der Waals surface area contributed by atoms with Crippen LogP contribution in [0.5, 0.6) is 0 Å². The molecule has 0 aliphatic rings. The molecule has 4 N–H and O–H groups in total. The number of Topliss-reactive ketones (excluding diaryl/α,β-unsaturated/α-hetero) is 4. The van der Waals surface area contributed by atoms with Crippen molar-refractivity contribution in [2.45, 2.75) is 27.7 Å². The molecule has 0 heterocycles. The number of hydrogen-bond acceptors (Lipinski definition) is 8. The van der Waals surface area contributed by atoms with Gasteiger partial charge in [0.05, 0.1) is 22.5 Å². The minimum atomic E-state index is -0.690. The molecule has 0 fully saturated rings. The zero-order valence-corrected chi connectivity index (χ0v) is 21.3. The third kappa shape index (κ3) is 5.31. The predicted octanol–water partition coefficient (Wildman–Crippen LogP) is 3.54. The van der Waals surface area contributed by atoms with E-state index in [1.165, 1.54) is 88.4 Å². The number of carbonyl (C=O) groups excluding carboxylic acids is 6. The van der Waals surface area contributed by atoms with Gasteiger partial charge in [0, 0.05) is 22.3 Å². The fourth-order valence-electron chi connectivity index (χ4n) is 4.06. The maximum Gasteiger partial charge on any atom is 0.272 e. The second-order valence-electron chi connectivity index (χ2n) is 8.55. The highest BCUT2D eigenvalue weighted by Crippen LogP contribution is 2.27. The van der Waals surface area contributed by atoms with Crippen LogP contribution in [0.25, 0.3) is 0 Å². The van der Waals surface area contributed by atoms with Gasteiger partial charge in [0.2, 0.25) is 0 Å². The molecule has 0 bridgehead atoms. The number of amides is 2. The summed E-state index contributed by atoms with van der Waals surface area (Å²) >= 11 is 0. The Kier molecular flexibility index (Phi) is 8.10. The Morgan fingerprint density at radius 2 is 0.816 bits per heavy atom. The first-order chi connectivity index (χ1) is 17.9. The minimum Gasteiger partial charge on any atom is -0.294 e. The van der Waals surface area contributed by atoms with Crippen molar-refractivity contribution in [3.8, 4) is 0 Å². The van der Waals surface area contributed by atoms with E-state index in [-0.39, 0.29) is 56.3 Å². The summed E-state index contributed by atoms with van der Waals surface area (Å²) in [6, 6.07) is 14.3. The molecule has 0 atom stereocenters. The molecular formula is C28H26N4O6. The molecule has 0 aliphatic heterocycles. The van der Waals surface area contributed by atoms with Crippen molar-refractivity contribution in [3.05, 3.63) is 94.0 Å². The Morgan fingerprint density at radius 1 is 0.500 bits per heavy atom. The summed E-state index contributed by atoms with van der Waals surface area (Å²) in [7, 11) is 0. The first-order valence-corrected chi connectivity index (χ1v) is 11.4. The van der Waals surface area contributed by atoms with Crippen LogP contribution in [0.2, 0.25) is 0 Å². The molecule has 38 heavy (non-hydrogen) atoms. The van der Waals surface area contributed by atoms with Crippen LogP contribution >= 0.6 is 0 Å². The average Bonchev–Trinajstić information content (AvgIpc) is 2.90. The van der Waals surface area contributed by atoms with Crippen molar-refractivity contribution in [2.24, 2.45) is 11.7 Å². The summed E-state index contributed by atoms with van der Waals surface area (Å²) in [5.41, 5.74) is 0.640. The molecule has 0 radical (unpaired) electrons. The van der Waals surface area contributed by atoms with E-state index in [9.17, 15) is 28.8 Å². The van der Waals surface area contributed by atoms with Crippen LogP contribution in [-0.4, -0.2) is 34.9 Å². The summed E-state index contributed by atoms with van der Waals surface area (Å²) < 4.78 is 0. The van der Waals surface area contributed by atoms with Crippen molar-refractivity contribution >= 4 is 46.3 Å². The summed E-state index contributed by atoms with van der Waals surface area (Å²) in [4.78, 5) is 74.6. The molecule has 194 valence electrons. The van der Waals surface area contributed by atoms with Gasteiger partial charge in [-0.3, -0.25) is 28.8 Å².